The van der Waals surface area contributed by atoms with Gasteiger partial charge in [0, 0.05) is 47.9 Å². The molecule has 0 radical (unpaired) electrons. The Labute approximate surface area is 232 Å². The highest BCUT2D eigenvalue weighted by atomic mass is 35.5. The molecule has 206 valence electrons. The number of amides is 2. The maximum Gasteiger partial charge on any atom is 0.246 e. The highest BCUT2D eigenvalue weighted by molar-refractivity contribution is 6.30. The van der Waals surface area contributed by atoms with Crippen LogP contribution in [0, 0.1) is 5.82 Å². The van der Waals surface area contributed by atoms with Gasteiger partial charge in [-0.05, 0) is 38.7 Å². The Bertz CT molecular complexity index is 1420. The zero-order valence-electron chi connectivity index (χ0n) is 22.2. The van der Waals surface area contributed by atoms with Crippen LogP contribution in [0.25, 0.3) is 10.9 Å². The smallest absolute Gasteiger partial charge is 0.246 e. The standard InChI is InChI=1S/C29H32ClFN4O4/c1-18-15-35(25(37)17-34-16-22(19(2)36)21-9-5-6-11-24(21)34)27(28(18)39-13-12-33(3)4)29(38)32-14-20-8-7-10-23(30)26(20)31/h5-11,16,27-28H,1,12-15,17H2,2-4H3,(H,32,38)/t27-,28+/m0/s1. The molecule has 1 N–H and O–H groups in total. The summed E-state index contributed by atoms with van der Waals surface area (Å²) in [6.07, 6.45) is 0.935. The number of hydrogen-bond donors (Lipinski definition) is 1. The van der Waals surface area contributed by atoms with Gasteiger partial charge < -0.3 is 24.4 Å². The molecule has 2 aromatic carbocycles. The van der Waals surface area contributed by atoms with Crippen molar-refractivity contribution in [3.63, 3.8) is 0 Å². The highest BCUT2D eigenvalue weighted by Gasteiger charge is 2.45. The topological polar surface area (TPSA) is 83.9 Å². The van der Waals surface area contributed by atoms with Crippen LogP contribution < -0.4 is 5.32 Å². The molecule has 1 fully saturated rings. The van der Waals surface area contributed by atoms with Gasteiger partial charge in [-0.25, -0.2) is 4.39 Å². The van der Waals surface area contributed by atoms with E-state index in [1.807, 2.05) is 43.3 Å². The van der Waals surface area contributed by atoms with Gasteiger partial charge >= 0.3 is 0 Å². The number of carbonyl (C=O) groups is 3. The number of aromatic nitrogens is 1. The lowest BCUT2D eigenvalue weighted by Crippen LogP contribution is -2.51. The molecule has 3 aromatic rings. The van der Waals surface area contributed by atoms with Gasteiger partial charge in [0.2, 0.25) is 11.8 Å². The Morgan fingerprint density at radius 1 is 1.18 bits per heavy atom. The van der Waals surface area contributed by atoms with Crippen LogP contribution >= 0.6 is 11.6 Å². The molecule has 0 bridgehead atoms. The maximum absolute atomic E-state index is 14.4. The number of halogens is 2. The van der Waals surface area contributed by atoms with E-state index in [4.69, 9.17) is 16.3 Å². The molecule has 4 rings (SSSR count). The van der Waals surface area contributed by atoms with Gasteiger partial charge in [-0.3, -0.25) is 14.4 Å². The third-order valence-corrected chi connectivity index (χ3v) is 7.07. The van der Waals surface area contributed by atoms with E-state index in [0.29, 0.717) is 24.3 Å². The third kappa shape index (κ3) is 6.21. The number of rotatable bonds is 10. The second-order valence-electron chi connectivity index (χ2n) is 9.89. The van der Waals surface area contributed by atoms with Crippen molar-refractivity contribution >= 4 is 40.1 Å². The minimum atomic E-state index is -0.997. The van der Waals surface area contributed by atoms with Crippen LogP contribution in [0.1, 0.15) is 22.8 Å². The first kappa shape index (κ1) is 28.5. The van der Waals surface area contributed by atoms with E-state index in [-0.39, 0.29) is 41.9 Å². The average molecular weight is 555 g/mol. The third-order valence-electron chi connectivity index (χ3n) is 6.78. The summed E-state index contributed by atoms with van der Waals surface area (Å²) in [5.74, 6) is -1.53. The summed E-state index contributed by atoms with van der Waals surface area (Å²) in [4.78, 5) is 42.7. The number of benzene rings is 2. The molecule has 1 aliphatic heterocycles. The second-order valence-corrected chi connectivity index (χ2v) is 10.3. The largest absolute Gasteiger partial charge is 0.370 e. The minimum Gasteiger partial charge on any atom is -0.370 e. The van der Waals surface area contributed by atoms with Crippen LogP contribution in [-0.4, -0.2) is 77.9 Å². The van der Waals surface area contributed by atoms with Crippen molar-refractivity contribution in [2.45, 2.75) is 32.2 Å². The van der Waals surface area contributed by atoms with Crippen molar-refractivity contribution < 1.29 is 23.5 Å². The predicted octanol–water partition coefficient (Wildman–Crippen LogP) is 3.67. The Morgan fingerprint density at radius 2 is 1.92 bits per heavy atom. The minimum absolute atomic E-state index is 0.0402. The fourth-order valence-electron chi connectivity index (χ4n) is 4.75. The number of para-hydroxylation sites is 1. The lowest BCUT2D eigenvalue weighted by molar-refractivity contribution is -0.142. The van der Waals surface area contributed by atoms with E-state index in [0.717, 1.165) is 10.9 Å². The van der Waals surface area contributed by atoms with Crippen LogP contribution in [-0.2, 0) is 27.4 Å². The number of hydrogen-bond acceptors (Lipinski definition) is 5. The quantitative estimate of drug-likeness (QED) is 0.305. The molecule has 1 saturated heterocycles. The number of ketones is 1. The molecule has 0 saturated carbocycles. The Hall–Kier alpha value is -3.53. The highest BCUT2D eigenvalue weighted by Crippen LogP contribution is 2.28. The fraction of sp³-hybridized carbons (Fsp3) is 0.345. The molecule has 0 spiro atoms. The molecule has 2 heterocycles. The van der Waals surface area contributed by atoms with Gasteiger partial charge in [0.1, 0.15) is 24.5 Å². The number of nitrogens with one attached hydrogen (secondary N) is 1. The summed E-state index contributed by atoms with van der Waals surface area (Å²) in [6.45, 7) is 6.45. The summed E-state index contributed by atoms with van der Waals surface area (Å²) >= 11 is 5.89. The molecule has 0 aliphatic carbocycles. The van der Waals surface area contributed by atoms with Crippen molar-refractivity contribution in [2.75, 3.05) is 33.8 Å². The maximum atomic E-state index is 14.4. The van der Waals surface area contributed by atoms with Gasteiger partial charge in [-0.15, -0.1) is 0 Å². The number of carbonyl (C=O) groups excluding carboxylic acids is 3. The SMILES string of the molecule is C=C1CN(C(=O)Cn2cc(C(C)=O)c3ccccc32)[C@H](C(=O)NCc2cccc(Cl)c2F)[C@@H]1OCCN(C)C. The predicted molar refractivity (Wildman–Crippen MR) is 148 cm³/mol. The van der Waals surface area contributed by atoms with Gasteiger partial charge in [0.05, 0.1) is 11.6 Å². The Kier molecular flexibility index (Phi) is 8.84. The lowest BCUT2D eigenvalue weighted by Gasteiger charge is -2.27. The van der Waals surface area contributed by atoms with Crippen molar-refractivity contribution in [3.8, 4) is 0 Å². The summed E-state index contributed by atoms with van der Waals surface area (Å²) in [5, 5.41) is 3.46. The Morgan fingerprint density at radius 3 is 2.64 bits per heavy atom. The van der Waals surface area contributed by atoms with Crippen molar-refractivity contribution in [3.05, 3.63) is 82.8 Å². The van der Waals surface area contributed by atoms with Crippen molar-refractivity contribution in [1.29, 1.82) is 0 Å². The molecular formula is C29H32ClFN4O4. The van der Waals surface area contributed by atoms with Crippen LogP contribution in [0.5, 0.6) is 0 Å². The number of likely N-dealkylation sites (tertiary alicyclic amines) is 1. The molecule has 1 aliphatic rings. The molecule has 0 unspecified atom stereocenters. The summed E-state index contributed by atoms with van der Waals surface area (Å²) in [5.41, 5.74) is 2.08. The van der Waals surface area contributed by atoms with Crippen molar-refractivity contribution in [2.24, 2.45) is 0 Å². The first-order valence-corrected chi connectivity index (χ1v) is 13.0. The van der Waals surface area contributed by atoms with Crippen LogP contribution in [0.3, 0.4) is 0 Å². The van der Waals surface area contributed by atoms with Crippen molar-refractivity contribution in [1.82, 2.24) is 19.7 Å². The second kappa shape index (κ2) is 12.1. The molecule has 1 aromatic heterocycles. The zero-order chi connectivity index (χ0) is 28.3. The van der Waals surface area contributed by atoms with Crippen LogP contribution in [0.15, 0.2) is 60.8 Å². The summed E-state index contributed by atoms with van der Waals surface area (Å²) in [7, 11) is 3.81. The van der Waals surface area contributed by atoms with Gasteiger partial charge in [-0.1, -0.05) is 48.5 Å². The summed E-state index contributed by atoms with van der Waals surface area (Å²) < 4.78 is 22.2. The molecule has 10 heteroatoms. The van der Waals surface area contributed by atoms with Crippen LogP contribution in [0.4, 0.5) is 4.39 Å². The monoisotopic (exact) mass is 554 g/mol. The number of ether oxygens (including phenoxy) is 1. The number of fused-ring (bicyclic) bond motifs is 1. The number of likely N-dealkylation sites (N-methyl/N-ethyl adjacent to an activating group) is 1. The molecular weight excluding hydrogens is 523 g/mol. The van der Waals surface area contributed by atoms with E-state index in [9.17, 15) is 18.8 Å². The summed E-state index contributed by atoms with van der Waals surface area (Å²) in [6, 6.07) is 10.9. The van der Waals surface area contributed by atoms with Gasteiger partial charge in [-0.2, -0.15) is 0 Å². The van der Waals surface area contributed by atoms with E-state index >= 15 is 0 Å². The zero-order valence-corrected chi connectivity index (χ0v) is 23.0. The van der Waals surface area contributed by atoms with Gasteiger partial charge in [0.25, 0.3) is 0 Å². The van der Waals surface area contributed by atoms with E-state index in [2.05, 4.69) is 11.9 Å². The van der Waals surface area contributed by atoms with E-state index in [1.165, 1.54) is 24.0 Å². The molecule has 2 atom stereocenters. The fourth-order valence-corrected chi connectivity index (χ4v) is 4.95. The molecule has 8 nitrogen and oxygen atoms in total. The molecule has 39 heavy (non-hydrogen) atoms. The van der Waals surface area contributed by atoms with Crippen LogP contribution in [0.2, 0.25) is 5.02 Å². The average Bonchev–Trinajstić information content (AvgIpc) is 3.42. The van der Waals surface area contributed by atoms with E-state index in [1.54, 1.807) is 16.8 Å². The number of nitrogens with zero attached hydrogens (tertiary/aromatic N) is 3. The van der Waals surface area contributed by atoms with Gasteiger partial charge in [0.15, 0.2) is 5.78 Å². The normalized spacial score (nSPS) is 17.3. The first-order chi connectivity index (χ1) is 18.6. The lowest BCUT2D eigenvalue weighted by atomic mass is 10.1. The Balaban J connectivity index is 1.59. The number of Topliss-reactive ketones (excluding diaryl/α,β-unsaturated/α-hetero) is 1. The van der Waals surface area contributed by atoms with E-state index < -0.39 is 23.9 Å². The molecule has 2 amide bonds. The first-order valence-electron chi connectivity index (χ1n) is 12.6.